The van der Waals surface area contributed by atoms with E-state index in [1.165, 1.54) is 32.4 Å². The van der Waals surface area contributed by atoms with Gasteiger partial charge in [0.25, 0.3) is 0 Å². The largest absolute Gasteiger partial charge is 0.355 e. The molecule has 1 aliphatic heterocycles. The SMILES string of the molecule is CC(C)(N)CC(=O)NCCN1CCCCC1. The lowest BCUT2D eigenvalue weighted by molar-refractivity contribution is -0.122. The van der Waals surface area contributed by atoms with Crippen LogP contribution in [-0.2, 0) is 4.79 Å². The maximum atomic E-state index is 11.5. The predicted octanol–water partition coefficient (Wildman–Crippen LogP) is 0.716. The first-order chi connectivity index (χ1) is 7.47. The Bertz CT molecular complexity index is 217. The monoisotopic (exact) mass is 227 g/mol. The van der Waals surface area contributed by atoms with Crippen LogP contribution < -0.4 is 11.1 Å². The summed E-state index contributed by atoms with van der Waals surface area (Å²) in [5.74, 6) is 0.0597. The van der Waals surface area contributed by atoms with E-state index in [2.05, 4.69) is 10.2 Å². The summed E-state index contributed by atoms with van der Waals surface area (Å²) >= 11 is 0. The van der Waals surface area contributed by atoms with Crippen molar-refractivity contribution in [3.8, 4) is 0 Å². The fourth-order valence-corrected chi connectivity index (χ4v) is 2.01. The van der Waals surface area contributed by atoms with E-state index in [0.717, 1.165) is 13.1 Å². The van der Waals surface area contributed by atoms with Gasteiger partial charge in [0.15, 0.2) is 0 Å². The van der Waals surface area contributed by atoms with E-state index in [0.29, 0.717) is 6.42 Å². The zero-order chi connectivity index (χ0) is 12.0. The molecule has 1 saturated heterocycles. The Morgan fingerprint density at radius 3 is 2.50 bits per heavy atom. The number of nitrogens with zero attached hydrogens (tertiary/aromatic N) is 1. The molecule has 0 aromatic rings. The van der Waals surface area contributed by atoms with Crippen molar-refractivity contribution in [2.75, 3.05) is 26.2 Å². The summed E-state index contributed by atoms with van der Waals surface area (Å²) in [5.41, 5.74) is 5.37. The Balaban J connectivity index is 2.08. The Hall–Kier alpha value is -0.610. The minimum Gasteiger partial charge on any atom is -0.355 e. The van der Waals surface area contributed by atoms with E-state index in [1.807, 2.05) is 13.8 Å². The third kappa shape index (κ3) is 6.08. The number of rotatable bonds is 5. The molecule has 1 amide bonds. The molecule has 0 unspecified atom stereocenters. The molecule has 94 valence electrons. The predicted molar refractivity (Wildman–Crippen MR) is 66.2 cm³/mol. The first-order valence-electron chi connectivity index (χ1n) is 6.25. The smallest absolute Gasteiger partial charge is 0.221 e. The van der Waals surface area contributed by atoms with Gasteiger partial charge in [-0.05, 0) is 39.8 Å². The van der Waals surface area contributed by atoms with Gasteiger partial charge in [-0.3, -0.25) is 4.79 Å². The summed E-state index contributed by atoms with van der Waals surface area (Å²) < 4.78 is 0. The number of carbonyl (C=O) groups excluding carboxylic acids is 1. The van der Waals surface area contributed by atoms with Gasteiger partial charge < -0.3 is 16.0 Å². The van der Waals surface area contributed by atoms with Crippen LogP contribution in [0.25, 0.3) is 0 Å². The second kappa shape index (κ2) is 6.21. The maximum Gasteiger partial charge on any atom is 0.221 e. The van der Waals surface area contributed by atoms with Crippen LogP contribution in [0.15, 0.2) is 0 Å². The third-order valence-electron chi connectivity index (χ3n) is 2.82. The topological polar surface area (TPSA) is 58.4 Å². The maximum absolute atomic E-state index is 11.5. The third-order valence-corrected chi connectivity index (χ3v) is 2.82. The summed E-state index contributed by atoms with van der Waals surface area (Å²) in [6.45, 7) is 7.82. The van der Waals surface area contributed by atoms with Crippen LogP contribution in [0, 0.1) is 0 Å². The summed E-state index contributed by atoms with van der Waals surface area (Å²) in [7, 11) is 0. The van der Waals surface area contributed by atoms with Gasteiger partial charge >= 0.3 is 0 Å². The highest BCUT2D eigenvalue weighted by Crippen LogP contribution is 2.07. The number of piperidine rings is 1. The second-order valence-electron chi connectivity index (χ2n) is 5.42. The van der Waals surface area contributed by atoms with Crippen LogP contribution in [-0.4, -0.2) is 42.5 Å². The molecule has 1 rings (SSSR count). The van der Waals surface area contributed by atoms with Crippen LogP contribution in [0.4, 0.5) is 0 Å². The number of carbonyl (C=O) groups is 1. The first-order valence-corrected chi connectivity index (χ1v) is 6.25. The van der Waals surface area contributed by atoms with Gasteiger partial charge in [0.2, 0.25) is 5.91 Å². The highest BCUT2D eigenvalue weighted by atomic mass is 16.1. The molecule has 4 heteroatoms. The molecule has 0 aromatic carbocycles. The Morgan fingerprint density at radius 2 is 1.94 bits per heavy atom. The summed E-state index contributed by atoms with van der Waals surface area (Å²) in [6.07, 6.45) is 4.34. The molecule has 0 radical (unpaired) electrons. The van der Waals surface area contributed by atoms with Crippen LogP contribution in [0.3, 0.4) is 0 Å². The fourth-order valence-electron chi connectivity index (χ4n) is 2.01. The number of hydrogen-bond donors (Lipinski definition) is 2. The lowest BCUT2D eigenvalue weighted by Gasteiger charge is -2.26. The standard InChI is InChI=1S/C12H25N3O/c1-12(2,13)10-11(16)14-6-9-15-7-4-3-5-8-15/h3-10,13H2,1-2H3,(H,14,16). The molecular weight excluding hydrogens is 202 g/mol. The summed E-state index contributed by atoms with van der Waals surface area (Å²) in [4.78, 5) is 13.9. The van der Waals surface area contributed by atoms with Gasteiger partial charge in [0.05, 0.1) is 0 Å². The van der Waals surface area contributed by atoms with E-state index < -0.39 is 5.54 Å². The van der Waals surface area contributed by atoms with Crippen LogP contribution in [0.2, 0.25) is 0 Å². The quantitative estimate of drug-likeness (QED) is 0.727. The van der Waals surface area contributed by atoms with E-state index in [4.69, 9.17) is 5.73 Å². The molecule has 16 heavy (non-hydrogen) atoms. The molecule has 1 fully saturated rings. The molecular formula is C12H25N3O. The van der Waals surface area contributed by atoms with Crippen molar-refractivity contribution in [2.24, 2.45) is 5.73 Å². The average molecular weight is 227 g/mol. The highest BCUT2D eigenvalue weighted by molar-refractivity contribution is 5.77. The molecule has 0 aliphatic carbocycles. The van der Waals surface area contributed by atoms with Crippen LogP contribution in [0.5, 0.6) is 0 Å². The average Bonchev–Trinajstić information content (AvgIpc) is 2.16. The molecule has 0 aromatic heterocycles. The molecule has 1 aliphatic rings. The Labute approximate surface area is 98.6 Å². The number of likely N-dealkylation sites (tertiary alicyclic amines) is 1. The first kappa shape index (κ1) is 13.5. The van der Waals surface area contributed by atoms with Gasteiger partial charge in [-0.15, -0.1) is 0 Å². The van der Waals surface area contributed by atoms with E-state index in [9.17, 15) is 4.79 Å². The van der Waals surface area contributed by atoms with Gasteiger partial charge in [-0.2, -0.15) is 0 Å². The van der Waals surface area contributed by atoms with Gasteiger partial charge in [0, 0.05) is 25.0 Å². The van der Waals surface area contributed by atoms with Crippen LogP contribution >= 0.6 is 0 Å². The van der Waals surface area contributed by atoms with Crippen molar-refractivity contribution in [1.29, 1.82) is 0 Å². The second-order valence-corrected chi connectivity index (χ2v) is 5.42. The van der Waals surface area contributed by atoms with Gasteiger partial charge in [-0.25, -0.2) is 0 Å². The van der Waals surface area contributed by atoms with E-state index in [-0.39, 0.29) is 5.91 Å². The van der Waals surface area contributed by atoms with Gasteiger partial charge in [-0.1, -0.05) is 6.42 Å². The zero-order valence-electron chi connectivity index (χ0n) is 10.6. The molecule has 0 bridgehead atoms. The Kier molecular flexibility index (Phi) is 5.22. The zero-order valence-corrected chi connectivity index (χ0v) is 10.6. The molecule has 3 N–H and O–H groups in total. The minimum absolute atomic E-state index is 0.0597. The van der Waals surface area contributed by atoms with Crippen molar-refractivity contribution in [2.45, 2.75) is 45.1 Å². The molecule has 4 nitrogen and oxygen atoms in total. The number of hydrogen-bond acceptors (Lipinski definition) is 3. The van der Waals surface area contributed by atoms with Gasteiger partial charge in [0.1, 0.15) is 0 Å². The van der Waals surface area contributed by atoms with E-state index in [1.54, 1.807) is 0 Å². The molecule has 0 spiro atoms. The minimum atomic E-state index is -0.408. The van der Waals surface area contributed by atoms with Crippen molar-refractivity contribution >= 4 is 5.91 Å². The van der Waals surface area contributed by atoms with Crippen molar-refractivity contribution in [3.05, 3.63) is 0 Å². The number of amides is 1. The highest BCUT2D eigenvalue weighted by Gasteiger charge is 2.16. The molecule has 1 heterocycles. The summed E-state index contributed by atoms with van der Waals surface area (Å²) in [5, 5.41) is 2.93. The number of nitrogens with one attached hydrogen (secondary N) is 1. The Morgan fingerprint density at radius 1 is 1.31 bits per heavy atom. The lowest BCUT2D eigenvalue weighted by Crippen LogP contribution is -2.42. The molecule has 0 atom stereocenters. The lowest BCUT2D eigenvalue weighted by atomic mass is 10.0. The van der Waals surface area contributed by atoms with Crippen molar-refractivity contribution in [1.82, 2.24) is 10.2 Å². The van der Waals surface area contributed by atoms with Crippen LogP contribution in [0.1, 0.15) is 39.5 Å². The van der Waals surface area contributed by atoms with E-state index >= 15 is 0 Å². The number of nitrogens with two attached hydrogens (primary N) is 1. The van der Waals surface area contributed by atoms with Crippen molar-refractivity contribution in [3.63, 3.8) is 0 Å². The fraction of sp³-hybridized carbons (Fsp3) is 0.917. The summed E-state index contributed by atoms with van der Waals surface area (Å²) in [6, 6.07) is 0. The van der Waals surface area contributed by atoms with Crippen molar-refractivity contribution < 1.29 is 4.79 Å². The molecule has 0 saturated carbocycles. The normalized spacial score (nSPS) is 18.4.